The Balaban J connectivity index is 2.39. The summed E-state index contributed by atoms with van der Waals surface area (Å²) in [6, 6.07) is 2.65. The van der Waals surface area contributed by atoms with Gasteiger partial charge in [-0.2, -0.15) is 4.31 Å². The van der Waals surface area contributed by atoms with Crippen molar-refractivity contribution in [1.82, 2.24) is 4.31 Å². The summed E-state index contributed by atoms with van der Waals surface area (Å²) in [7, 11) is -2.08. The van der Waals surface area contributed by atoms with Gasteiger partial charge in [0.15, 0.2) is 0 Å². The molecule has 1 N–H and O–H groups in total. The first-order valence-electron chi connectivity index (χ1n) is 6.64. The summed E-state index contributed by atoms with van der Waals surface area (Å²) in [5.74, 6) is -2.49. The Labute approximate surface area is 122 Å². The van der Waals surface area contributed by atoms with Gasteiger partial charge in [0.2, 0.25) is 10.0 Å². The topological polar surface area (TPSA) is 82.0 Å². The predicted octanol–water partition coefficient (Wildman–Crippen LogP) is -1.90. The molecule has 1 aromatic carbocycles. The minimum absolute atomic E-state index is 0.281. The van der Waals surface area contributed by atoms with E-state index in [9.17, 15) is 22.7 Å². The molecule has 1 fully saturated rings. The lowest BCUT2D eigenvalue weighted by atomic mass is 10.2. The molecule has 6 nitrogen and oxygen atoms in total. The fraction of sp³-hybridized carbons (Fsp3) is 0.462. The number of sulfonamides is 1. The predicted molar refractivity (Wildman–Crippen MR) is 70.7 cm³/mol. The molecule has 0 aliphatic carbocycles. The zero-order chi connectivity index (χ0) is 15.6. The molecular formula is C13H17FN2O4S. The van der Waals surface area contributed by atoms with Gasteiger partial charge in [0.1, 0.15) is 10.7 Å². The average molecular weight is 316 g/mol. The molecule has 1 atom stereocenters. The van der Waals surface area contributed by atoms with Crippen molar-refractivity contribution in [2.24, 2.45) is 0 Å². The molecule has 1 saturated heterocycles. The second-order valence-electron chi connectivity index (χ2n) is 5.15. The smallest absolute Gasteiger partial charge is 0.246 e. The van der Waals surface area contributed by atoms with E-state index in [2.05, 4.69) is 0 Å². The summed E-state index contributed by atoms with van der Waals surface area (Å²) in [5, 5.41) is 10.8. The number of carboxylic acid groups (broad SMARTS) is 1. The van der Waals surface area contributed by atoms with Gasteiger partial charge < -0.3 is 14.8 Å². The highest BCUT2D eigenvalue weighted by Gasteiger charge is 2.30. The zero-order valence-electron chi connectivity index (χ0n) is 11.6. The third kappa shape index (κ3) is 3.39. The van der Waals surface area contributed by atoms with Gasteiger partial charge in [-0.1, -0.05) is 6.07 Å². The van der Waals surface area contributed by atoms with Gasteiger partial charge >= 0.3 is 0 Å². The van der Waals surface area contributed by atoms with Crippen LogP contribution in [0.5, 0.6) is 0 Å². The van der Waals surface area contributed by atoms with Crippen LogP contribution in [-0.2, 0) is 10.0 Å². The van der Waals surface area contributed by atoms with Gasteiger partial charge in [-0.25, -0.2) is 12.8 Å². The molecule has 0 amide bonds. The summed E-state index contributed by atoms with van der Waals surface area (Å²) in [5.41, 5.74) is -0.354. The van der Waals surface area contributed by atoms with Crippen molar-refractivity contribution in [1.29, 1.82) is 0 Å². The van der Waals surface area contributed by atoms with Crippen LogP contribution in [0.2, 0.25) is 0 Å². The number of hydrogen-bond donors (Lipinski definition) is 1. The van der Waals surface area contributed by atoms with Crippen LogP contribution in [0.3, 0.4) is 0 Å². The van der Waals surface area contributed by atoms with Gasteiger partial charge in [-0.15, -0.1) is 0 Å². The van der Waals surface area contributed by atoms with Gasteiger partial charge in [-0.05, 0) is 17.7 Å². The van der Waals surface area contributed by atoms with E-state index in [0.717, 1.165) is 24.7 Å². The van der Waals surface area contributed by atoms with E-state index in [1.807, 2.05) is 7.05 Å². The first-order chi connectivity index (χ1) is 9.82. The molecule has 116 valence electrons. The maximum absolute atomic E-state index is 13.8. The van der Waals surface area contributed by atoms with E-state index in [1.54, 1.807) is 0 Å². The monoisotopic (exact) mass is 316 g/mol. The highest BCUT2D eigenvalue weighted by Crippen LogP contribution is 2.21. The van der Waals surface area contributed by atoms with Crippen LogP contribution in [0.15, 0.2) is 23.1 Å². The molecule has 1 aliphatic rings. The van der Waals surface area contributed by atoms with E-state index < -0.39 is 26.7 Å². The summed E-state index contributed by atoms with van der Waals surface area (Å²) in [4.78, 5) is 11.4. The normalized spacial score (nSPS) is 21.0. The summed E-state index contributed by atoms with van der Waals surface area (Å²) in [6.07, 6.45) is 0.673. The summed E-state index contributed by atoms with van der Waals surface area (Å²) >= 11 is 0. The quantitative estimate of drug-likeness (QED) is 0.706. The van der Waals surface area contributed by atoms with Crippen LogP contribution in [0.25, 0.3) is 0 Å². The lowest BCUT2D eigenvalue weighted by molar-refractivity contribution is -0.877. The van der Waals surface area contributed by atoms with Gasteiger partial charge in [0.05, 0.1) is 32.7 Å². The van der Waals surface area contributed by atoms with E-state index in [4.69, 9.17) is 0 Å². The number of hydrogen-bond acceptors (Lipinski definition) is 4. The largest absolute Gasteiger partial charge is 0.545 e. The summed E-state index contributed by atoms with van der Waals surface area (Å²) in [6.45, 7) is 2.05. The minimum atomic E-state index is -4.04. The maximum Gasteiger partial charge on any atom is 0.246 e. The number of carbonyl (C=O) groups excluding carboxylic acids is 1. The number of quaternary nitrogens is 1. The number of carboxylic acids is 1. The zero-order valence-corrected chi connectivity index (χ0v) is 12.5. The Hall–Kier alpha value is -1.51. The van der Waals surface area contributed by atoms with Gasteiger partial charge in [-0.3, -0.25) is 0 Å². The molecule has 1 aliphatic heterocycles. The Morgan fingerprint density at radius 1 is 1.33 bits per heavy atom. The second kappa shape index (κ2) is 6.08. The molecule has 1 aromatic rings. The number of likely N-dealkylation sites (N-methyl/N-ethyl adjacent to an activating group) is 1. The fourth-order valence-electron chi connectivity index (χ4n) is 2.32. The van der Waals surface area contributed by atoms with Crippen LogP contribution >= 0.6 is 0 Å². The molecule has 0 radical (unpaired) electrons. The van der Waals surface area contributed by atoms with Crippen molar-refractivity contribution >= 4 is 16.0 Å². The van der Waals surface area contributed by atoms with Crippen LogP contribution in [-0.4, -0.2) is 51.9 Å². The van der Waals surface area contributed by atoms with E-state index in [0.29, 0.717) is 19.5 Å². The standard InChI is InChI=1S/C13H17FN2O4S/c1-15-5-2-6-16(8-7-15)21(19,20)12-9-10(13(17)18)3-4-11(12)14/h3-4,9H,2,5-8H2,1H3,(H,17,18). The lowest BCUT2D eigenvalue weighted by Gasteiger charge is -2.20. The molecule has 2 rings (SSSR count). The van der Waals surface area contributed by atoms with Crippen LogP contribution in [0.4, 0.5) is 4.39 Å². The van der Waals surface area contributed by atoms with Crippen molar-refractivity contribution in [3.63, 3.8) is 0 Å². The van der Waals surface area contributed by atoms with Gasteiger partial charge in [0.25, 0.3) is 0 Å². The molecule has 0 bridgehead atoms. The maximum atomic E-state index is 13.8. The average Bonchev–Trinajstić information content (AvgIpc) is 2.64. The molecule has 8 heteroatoms. The Bertz CT molecular complexity index is 648. The SMILES string of the molecule is C[NH+]1CCCN(S(=O)(=O)c2cc(C(=O)[O-])ccc2F)CC1. The van der Waals surface area contributed by atoms with E-state index >= 15 is 0 Å². The number of halogens is 1. The Kier molecular flexibility index (Phi) is 4.60. The Morgan fingerprint density at radius 2 is 2.05 bits per heavy atom. The number of benzene rings is 1. The second-order valence-corrected chi connectivity index (χ2v) is 7.05. The number of nitrogens with one attached hydrogen (secondary N) is 1. The number of nitrogens with zero attached hydrogens (tertiary/aromatic N) is 1. The molecule has 1 unspecified atom stereocenters. The molecule has 0 aromatic heterocycles. The number of aromatic carboxylic acids is 1. The number of rotatable bonds is 3. The molecule has 1 heterocycles. The molecule has 0 spiro atoms. The van der Waals surface area contributed by atoms with E-state index in [-0.39, 0.29) is 12.1 Å². The first kappa shape index (κ1) is 15.9. The van der Waals surface area contributed by atoms with Crippen molar-refractivity contribution in [3.05, 3.63) is 29.6 Å². The first-order valence-corrected chi connectivity index (χ1v) is 8.08. The van der Waals surface area contributed by atoms with Gasteiger partial charge in [0, 0.05) is 13.0 Å². The molecular weight excluding hydrogens is 299 g/mol. The fourth-order valence-corrected chi connectivity index (χ4v) is 3.89. The Morgan fingerprint density at radius 3 is 2.71 bits per heavy atom. The summed E-state index contributed by atoms with van der Waals surface area (Å²) < 4.78 is 40.1. The highest BCUT2D eigenvalue weighted by molar-refractivity contribution is 7.89. The lowest BCUT2D eigenvalue weighted by Crippen LogP contribution is -3.09. The van der Waals surface area contributed by atoms with Crippen molar-refractivity contribution in [2.45, 2.75) is 11.3 Å². The third-order valence-corrected chi connectivity index (χ3v) is 5.50. The van der Waals surface area contributed by atoms with Crippen molar-refractivity contribution in [3.8, 4) is 0 Å². The van der Waals surface area contributed by atoms with E-state index in [1.165, 1.54) is 9.21 Å². The van der Waals surface area contributed by atoms with Crippen LogP contribution in [0.1, 0.15) is 16.8 Å². The van der Waals surface area contributed by atoms with Crippen molar-refractivity contribution < 1.29 is 27.6 Å². The van der Waals surface area contributed by atoms with Crippen LogP contribution in [0, 0.1) is 5.82 Å². The third-order valence-electron chi connectivity index (χ3n) is 3.58. The van der Waals surface area contributed by atoms with Crippen molar-refractivity contribution in [2.75, 3.05) is 33.2 Å². The number of carbonyl (C=O) groups is 1. The molecule has 0 saturated carbocycles. The minimum Gasteiger partial charge on any atom is -0.545 e. The molecule has 21 heavy (non-hydrogen) atoms. The highest BCUT2D eigenvalue weighted by atomic mass is 32.2. The van der Waals surface area contributed by atoms with Crippen LogP contribution < -0.4 is 10.0 Å².